The van der Waals surface area contributed by atoms with Crippen LogP contribution in [0.25, 0.3) is 11.4 Å². The molecular formula is C28H30F3N5O4S. The van der Waals surface area contributed by atoms with Crippen LogP contribution in [0.5, 0.6) is 0 Å². The Labute approximate surface area is 236 Å². The number of alkyl halides is 2. The minimum atomic E-state index is -4.01. The van der Waals surface area contributed by atoms with E-state index in [2.05, 4.69) is 10.6 Å². The van der Waals surface area contributed by atoms with Crippen molar-refractivity contribution in [2.24, 2.45) is 0 Å². The van der Waals surface area contributed by atoms with Gasteiger partial charge in [0.05, 0.1) is 36.4 Å². The number of hydrogen-bond acceptors (Lipinski definition) is 7. The number of rotatable bonds is 8. The zero-order valence-electron chi connectivity index (χ0n) is 22.5. The quantitative estimate of drug-likeness (QED) is 0.393. The van der Waals surface area contributed by atoms with Gasteiger partial charge in [0.1, 0.15) is 16.4 Å². The van der Waals surface area contributed by atoms with Crippen molar-refractivity contribution in [3.05, 3.63) is 65.6 Å². The van der Waals surface area contributed by atoms with Gasteiger partial charge in [-0.3, -0.25) is 0 Å². The molecule has 1 aliphatic carbocycles. The van der Waals surface area contributed by atoms with Crippen molar-refractivity contribution >= 4 is 27.4 Å². The maximum Gasteiger partial charge on any atom is 0.319 e. The van der Waals surface area contributed by atoms with Crippen LogP contribution in [0.2, 0.25) is 0 Å². The molecule has 1 saturated heterocycles. The Kier molecular flexibility index (Phi) is 7.93. The number of morpholine rings is 1. The molecule has 2 N–H and O–H groups in total. The molecule has 1 aliphatic heterocycles. The fraction of sp³-hybridized carbons (Fsp3) is 0.393. The third kappa shape index (κ3) is 5.87. The van der Waals surface area contributed by atoms with Crippen molar-refractivity contribution in [3.8, 4) is 11.4 Å². The number of anilines is 2. The second-order valence-electron chi connectivity index (χ2n) is 10.3. The van der Waals surface area contributed by atoms with E-state index in [9.17, 15) is 26.4 Å². The molecule has 0 radical (unpaired) electrons. The van der Waals surface area contributed by atoms with Crippen LogP contribution in [0.3, 0.4) is 0 Å². The summed E-state index contributed by atoms with van der Waals surface area (Å²) in [5.41, 5.74) is 1.70. The Balaban J connectivity index is 1.53. The number of carbonyl (C=O) groups excluding carboxylic acids is 1. The van der Waals surface area contributed by atoms with Crippen molar-refractivity contribution in [1.82, 2.24) is 15.3 Å². The van der Waals surface area contributed by atoms with E-state index >= 15 is 0 Å². The van der Waals surface area contributed by atoms with Crippen molar-refractivity contribution in [1.29, 1.82) is 0 Å². The van der Waals surface area contributed by atoms with Gasteiger partial charge in [-0.1, -0.05) is 6.07 Å². The molecule has 9 nitrogen and oxygen atoms in total. The maximum absolute atomic E-state index is 14.1. The number of halogens is 3. The number of sulfone groups is 1. The number of urea groups is 1. The number of ether oxygens (including phenoxy) is 1. The molecule has 5 rings (SSSR count). The Morgan fingerprint density at radius 3 is 2.54 bits per heavy atom. The van der Waals surface area contributed by atoms with Crippen LogP contribution in [-0.2, 0) is 19.3 Å². The van der Waals surface area contributed by atoms with E-state index in [1.54, 1.807) is 37.3 Å². The fourth-order valence-electron chi connectivity index (χ4n) is 4.91. The molecule has 13 heteroatoms. The average molecular weight is 590 g/mol. The van der Waals surface area contributed by atoms with Gasteiger partial charge in [-0.2, -0.15) is 0 Å². The van der Waals surface area contributed by atoms with Gasteiger partial charge in [-0.25, -0.2) is 36.4 Å². The van der Waals surface area contributed by atoms with Crippen LogP contribution in [0.15, 0.2) is 53.4 Å². The van der Waals surface area contributed by atoms with Gasteiger partial charge >= 0.3 is 6.03 Å². The number of aromatic nitrogens is 2. The molecule has 1 atom stereocenters. The maximum atomic E-state index is 14.1. The monoisotopic (exact) mass is 589 g/mol. The summed E-state index contributed by atoms with van der Waals surface area (Å²) < 4.78 is 71.1. The van der Waals surface area contributed by atoms with Crippen molar-refractivity contribution in [3.63, 3.8) is 0 Å². The van der Waals surface area contributed by atoms with Gasteiger partial charge in [-0.05, 0) is 68.7 Å². The summed E-state index contributed by atoms with van der Waals surface area (Å²) >= 11 is 0. The number of nitrogens with one attached hydrogen (secondary N) is 2. The summed E-state index contributed by atoms with van der Waals surface area (Å²) in [7, 11) is -4.01. The molecule has 0 spiro atoms. The highest BCUT2D eigenvalue weighted by molar-refractivity contribution is 7.92. The standard InChI is InChI=1S/C28H30F3N5O4S/c1-17-3-6-20(29)13-22(17)41(38,39)28(9-10-28)23-14-25(36-11-12-40-16-18(36)2)35-26(34-23)19-4-7-21(8-5-19)33-27(37)32-15-24(30)31/h3-8,13-14,18,24H,9-12,15-16H2,1-2H3,(H2,32,33,37)/t18-/m0/s1. The fourth-order valence-corrected chi connectivity index (χ4v) is 7.11. The lowest BCUT2D eigenvalue weighted by atomic mass is 10.1. The van der Waals surface area contributed by atoms with Crippen LogP contribution < -0.4 is 15.5 Å². The van der Waals surface area contributed by atoms with Gasteiger partial charge in [0.2, 0.25) is 0 Å². The molecule has 2 aliphatic rings. The lowest BCUT2D eigenvalue weighted by Gasteiger charge is -2.34. The van der Waals surface area contributed by atoms with Crippen LogP contribution in [0.1, 0.15) is 31.0 Å². The molecule has 2 fully saturated rings. The number of amides is 2. The molecule has 2 aromatic carbocycles. The topological polar surface area (TPSA) is 114 Å². The lowest BCUT2D eigenvalue weighted by molar-refractivity contribution is 0.0985. The van der Waals surface area contributed by atoms with Gasteiger partial charge < -0.3 is 20.3 Å². The lowest BCUT2D eigenvalue weighted by Crippen LogP contribution is -2.44. The SMILES string of the molecule is Cc1ccc(F)cc1S(=O)(=O)C1(c2cc(N3CCOC[C@@H]3C)nc(-c3ccc(NC(=O)NCC(F)F)cc3)n2)CC1. The molecule has 0 unspecified atom stereocenters. The van der Waals surface area contributed by atoms with Crippen LogP contribution in [0, 0.1) is 12.7 Å². The molecule has 3 aromatic rings. The minimum absolute atomic E-state index is 0.0186. The molecule has 2 heterocycles. The van der Waals surface area contributed by atoms with Crippen molar-refractivity contribution in [2.45, 2.75) is 48.8 Å². The Hall–Kier alpha value is -3.71. The van der Waals surface area contributed by atoms with Crippen LogP contribution in [-0.4, -0.2) is 63.2 Å². The second-order valence-corrected chi connectivity index (χ2v) is 12.5. The minimum Gasteiger partial charge on any atom is -0.377 e. The first kappa shape index (κ1) is 28.8. The van der Waals surface area contributed by atoms with Crippen LogP contribution >= 0.6 is 0 Å². The highest BCUT2D eigenvalue weighted by atomic mass is 32.2. The first-order chi connectivity index (χ1) is 19.5. The summed E-state index contributed by atoms with van der Waals surface area (Å²) in [6.07, 6.45) is -2.01. The molecule has 1 saturated carbocycles. The van der Waals surface area contributed by atoms with Gasteiger partial charge in [-0.15, -0.1) is 0 Å². The molecule has 0 bridgehead atoms. The van der Waals surface area contributed by atoms with E-state index in [-0.39, 0.29) is 16.8 Å². The van der Waals surface area contributed by atoms with E-state index in [4.69, 9.17) is 14.7 Å². The van der Waals surface area contributed by atoms with Gasteiger partial charge in [0.15, 0.2) is 15.7 Å². The predicted molar refractivity (Wildman–Crippen MR) is 147 cm³/mol. The summed E-state index contributed by atoms with van der Waals surface area (Å²) in [4.78, 5) is 23.3. The van der Waals surface area contributed by atoms with Crippen LogP contribution in [0.4, 0.5) is 29.5 Å². The third-order valence-corrected chi connectivity index (χ3v) is 9.98. The van der Waals surface area contributed by atoms with Crippen molar-refractivity contribution in [2.75, 3.05) is 36.5 Å². The molecular weight excluding hydrogens is 559 g/mol. The van der Waals surface area contributed by atoms with E-state index < -0.39 is 39.4 Å². The smallest absolute Gasteiger partial charge is 0.319 e. The predicted octanol–water partition coefficient (Wildman–Crippen LogP) is 4.67. The first-order valence-corrected chi connectivity index (χ1v) is 14.7. The Morgan fingerprint density at radius 2 is 1.88 bits per heavy atom. The highest BCUT2D eigenvalue weighted by Gasteiger charge is 2.58. The summed E-state index contributed by atoms with van der Waals surface area (Å²) in [5, 5.41) is 4.55. The van der Waals surface area contributed by atoms with Gasteiger partial charge in [0, 0.05) is 23.9 Å². The average Bonchev–Trinajstić information content (AvgIpc) is 3.77. The number of hydrogen-bond donors (Lipinski definition) is 2. The van der Waals surface area contributed by atoms with Crippen molar-refractivity contribution < 1.29 is 31.1 Å². The first-order valence-electron chi connectivity index (χ1n) is 13.2. The highest BCUT2D eigenvalue weighted by Crippen LogP contribution is 2.55. The largest absolute Gasteiger partial charge is 0.377 e. The third-order valence-electron chi connectivity index (χ3n) is 7.32. The van der Waals surface area contributed by atoms with E-state index in [0.717, 1.165) is 6.07 Å². The summed E-state index contributed by atoms with van der Waals surface area (Å²) in [5.74, 6) is 0.196. The summed E-state index contributed by atoms with van der Waals surface area (Å²) in [6, 6.07) is 11.1. The van der Waals surface area contributed by atoms with E-state index in [0.29, 0.717) is 60.9 Å². The normalized spacial score (nSPS) is 18.3. The zero-order valence-corrected chi connectivity index (χ0v) is 23.3. The van der Waals surface area contributed by atoms with Gasteiger partial charge in [0.25, 0.3) is 6.43 Å². The number of benzene rings is 2. The van der Waals surface area contributed by atoms with E-state index in [1.165, 1.54) is 12.1 Å². The zero-order chi connectivity index (χ0) is 29.4. The summed E-state index contributed by atoms with van der Waals surface area (Å²) in [6.45, 7) is 4.37. The molecule has 1 aromatic heterocycles. The molecule has 41 heavy (non-hydrogen) atoms. The Morgan fingerprint density at radius 1 is 1.15 bits per heavy atom. The molecule has 218 valence electrons. The number of aryl methyl sites for hydroxylation is 1. The molecule has 2 amide bonds. The number of carbonyl (C=O) groups is 1. The Bertz CT molecular complexity index is 1550. The second kappa shape index (κ2) is 11.3. The number of nitrogens with zero attached hydrogens (tertiary/aromatic N) is 3. The van der Waals surface area contributed by atoms with E-state index in [1.807, 2.05) is 11.8 Å².